The molecule has 0 fully saturated rings. The van der Waals surface area contributed by atoms with Crippen molar-refractivity contribution in [2.24, 2.45) is 4.99 Å². The molecule has 26 heavy (non-hydrogen) atoms. The number of carbonyl (C=O) groups excluding carboxylic acids is 1. The molecule has 0 N–H and O–H groups in total. The van der Waals surface area contributed by atoms with Crippen LogP contribution in [0.1, 0.15) is 23.6 Å². The molecule has 1 aliphatic rings. The summed E-state index contributed by atoms with van der Waals surface area (Å²) in [4.78, 5) is 31.4. The van der Waals surface area contributed by atoms with Crippen LogP contribution in [-0.4, -0.2) is 17.6 Å². The summed E-state index contributed by atoms with van der Waals surface area (Å²) in [5, 5.41) is 1.91. The predicted octanol–water partition coefficient (Wildman–Crippen LogP) is 2.06. The van der Waals surface area contributed by atoms with E-state index in [1.807, 2.05) is 17.5 Å². The van der Waals surface area contributed by atoms with Crippen LogP contribution in [0.4, 0.5) is 0 Å². The first-order valence-electron chi connectivity index (χ1n) is 7.78. The second-order valence-electron chi connectivity index (χ2n) is 5.60. The van der Waals surface area contributed by atoms with Gasteiger partial charge in [0, 0.05) is 11.0 Å². The zero-order valence-corrected chi connectivity index (χ0v) is 15.6. The van der Waals surface area contributed by atoms with Gasteiger partial charge in [-0.15, -0.1) is 11.3 Å². The molecule has 0 amide bonds. The zero-order chi connectivity index (χ0) is 18.3. The molecule has 0 unspecified atom stereocenters. The van der Waals surface area contributed by atoms with Crippen molar-refractivity contribution in [2.45, 2.75) is 13.0 Å². The molecule has 0 spiro atoms. The molecule has 1 aliphatic heterocycles. The van der Waals surface area contributed by atoms with Crippen molar-refractivity contribution in [2.75, 3.05) is 7.11 Å². The van der Waals surface area contributed by atoms with Crippen LogP contribution < -0.4 is 14.9 Å². The maximum absolute atomic E-state index is 13.1. The van der Waals surface area contributed by atoms with Gasteiger partial charge in [0.15, 0.2) is 4.80 Å². The summed E-state index contributed by atoms with van der Waals surface area (Å²) in [7, 11) is 1.33. The molecule has 3 aromatic heterocycles. The molecule has 6 nitrogen and oxygen atoms in total. The molecule has 0 bridgehead atoms. The van der Waals surface area contributed by atoms with Crippen LogP contribution in [0.2, 0.25) is 0 Å². The van der Waals surface area contributed by atoms with Gasteiger partial charge in [-0.25, -0.2) is 9.79 Å². The number of thiophene rings is 1. The van der Waals surface area contributed by atoms with Crippen LogP contribution >= 0.6 is 22.7 Å². The average molecular weight is 386 g/mol. The fourth-order valence-electron chi connectivity index (χ4n) is 2.91. The maximum Gasteiger partial charge on any atom is 0.338 e. The number of fused-ring (bicyclic) bond motifs is 1. The third-order valence-corrected chi connectivity index (χ3v) is 5.96. The van der Waals surface area contributed by atoms with E-state index in [1.165, 1.54) is 29.8 Å². The lowest BCUT2D eigenvalue weighted by atomic mass is 10.0. The number of nitrogens with zero attached hydrogens (tertiary/aromatic N) is 2. The fourth-order valence-corrected chi connectivity index (χ4v) is 4.76. The highest BCUT2D eigenvalue weighted by atomic mass is 32.1. The summed E-state index contributed by atoms with van der Waals surface area (Å²) in [5.41, 5.74) is 0.727. The minimum Gasteiger partial charge on any atom is -0.466 e. The summed E-state index contributed by atoms with van der Waals surface area (Å²) >= 11 is 2.76. The number of thiazole rings is 1. The second kappa shape index (κ2) is 6.54. The number of esters is 1. The number of methoxy groups -OCH3 is 1. The Morgan fingerprint density at radius 3 is 2.88 bits per heavy atom. The first-order chi connectivity index (χ1) is 12.6. The van der Waals surface area contributed by atoms with Crippen LogP contribution in [0, 0.1) is 0 Å². The minimum absolute atomic E-state index is 0.211. The van der Waals surface area contributed by atoms with Gasteiger partial charge in [-0.2, -0.15) is 0 Å². The van der Waals surface area contributed by atoms with Crippen molar-refractivity contribution in [3.8, 4) is 0 Å². The van der Waals surface area contributed by atoms with Gasteiger partial charge in [0.2, 0.25) is 0 Å². The van der Waals surface area contributed by atoms with E-state index < -0.39 is 12.0 Å². The van der Waals surface area contributed by atoms with Crippen molar-refractivity contribution >= 4 is 34.7 Å². The number of allylic oxidation sites excluding steroid dienone is 1. The molecule has 3 aromatic rings. The van der Waals surface area contributed by atoms with Gasteiger partial charge in [-0.3, -0.25) is 9.36 Å². The van der Waals surface area contributed by atoms with Gasteiger partial charge in [0.05, 0.1) is 29.2 Å². The molecule has 0 aromatic carbocycles. The molecular formula is C18H14N2O4S2. The van der Waals surface area contributed by atoms with Gasteiger partial charge in [0.1, 0.15) is 11.8 Å². The fraction of sp³-hybridized carbons (Fsp3) is 0.167. The summed E-state index contributed by atoms with van der Waals surface area (Å²) < 4.78 is 12.3. The number of carbonyl (C=O) groups is 1. The predicted molar refractivity (Wildman–Crippen MR) is 98.8 cm³/mol. The zero-order valence-electron chi connectivity index (χ0n) is 14.0. The van der Waals surface area contributed by atoms with Gasteiger partial charge >= 0.3 is 5.97 Å². The second-order valence-corrected chi connectivity index (χ2v) is 7.59. The van der Waals surface area contributed by atoms with Gasteiger partial charge in [-0.05, 0) is 30.5 Å². The third-order valence-electron chi connectivity index (χ3n) is 4.06. The summed E-state index contributed by atoms with van der Waals surface area (Å²) in [6.07, 6.45) is 3.24. The van der Waals surface area contributed by atoms with E-state index in [0.717, 1.165) is 4.88 Å². The van der Waals surface area contributed by atoms with Crippen LogP contribution in [0.3, 0.4) is 0 Å². The van der Waals surface area contributed by atoms with Crippen LogP contribution in [0.25, 0.3) is 6.08 Å². The number of furan rings is 1. The molecule has 0 saturated heterocycles. The number of rotatable bonds is 3. The van der Waals surface area contributed by atoms with E-state index in [4.69, 9.17) is 9.15 Å². The number of hydrogen-bond acceptors (Lipinski definition) is 7. The summed E-state index contributed by atoms with van der Waals surface area (Å²) in [6.45, 7) is 1.76. The molecule has 1 atom stereocenters. The maximum atomic E-state index is 13.1. The quantitative estimate of drug-likeness (QED) is 0.646. The standard InChI is InChI=1S/C18H14N2O4S2/c1-10-14(17(22)23-2)15(12-6-4-8-25-12)20-16(21)13(26-18(20)19-10)9-11-5-3-7-24-11/h3-9,15H,1-2H3/t15-/m0/s1. The first kappa shape index (κ1) is 16.7. The SMILES string of the molecule is COC(=O)C1=C(C)N=c2sc(=Cc3ccco3)c(=O)n2[C@H]1c1cccs1. The van der Waals surface area contributed by atoms with E-state index in [0.29, 0.717) is 26.4 Å². The summed E-state index contributed by atoms with van der Waals surface area (Å²) in [6, 6.07) is 6.79. The molecule has 132 valence electrons. The van der Waals surface area contributed by atoms with Crippen molar-refractivity contribution in [3.63, 3.8) is 0 Å². The Hall–Kier alpha value is -2.71. The molecule has 0 saturated carbocycles. The van der Waals surface area contributed by atoms with Crippen molar-refractivity contribution in [3.05, 3.63) is 77.5 Å². The topological polar surface area (TPSA) is 73.8 Å². The van der Waals surface area contributed by atoms with Gasteiger partial charge < -0.3 is 9.15 Å². The van der Waals surface area contributed by atoms with E-state index in [-0.39, 0.29) is 5.56 Å². The largest absolute Gasteiger partial charge is 0.466 e. The lowest BCUT2D eigenvalue weighted by Gasteiger charge is -2.22. The van der Waals surface area contributed by atoms with Crippen LogP contribution in [0.15, 0.2) is 61.4 Å². The highest BCUT2D eigenvalue weighted by Gasteiger charge is 2.33. The number of ether oxygens (including phenoxy) is 1. The first-order valence-corrected chi connectivity index (χ1v) is 9.47. The van der Waals surface area contributed by atoms with E-state index >= 15 is 0 Å². The highest BCUT2D eigenvalue weighted by Crippen LogP contribution is 2.32. The Bertz CT molecular complexity index is 1170. The minimum atomic E-state index is -0.544. The lowest BCUT2D eigenvalue weighted by Crippen LogP contribution is -2.39. The smallest absolute Gasteiger partial charge is 0.338 e. The third kappa shape index (κ3) is 2.67. The molecular weight excluding hydrogens is 372 g/mol. The Morgan fingerprint density at radius 1 is 1.38 bits per heavy atom. The normalized spacial score (nSPS) is 17.2. The van der Waals surface area contributed by atoms with Gasteiger partial charge in [0.25, 0.3) is 5.56 Å². The average Bonchev–Trinajstić information content (AvgIpc) is 3.37. The van der Waals surface area contributed by atoms with Gasteiger partial charge in [-0.1, -0.05) is 17.4 Å². The molecule has 4 heterocycles. The Kier molecular flexibility index (Phi) is 4.21. The molecule has 0 radical (unpaired) electrons. The van der Waals surface area contributed by atoms with Crippen molar-refractivity contribution in [1.29, 1.82) is 0 Å². The lowest BCUT2D eigenvalue weighted by molar-refractivity contribution is -0.136. The highest BCUT2D eigenvalue weighted by molar-refractivity contribution is 7.10. The van der Waals surface area contributed by atoms with E-state index in [1.54, 1.807) is 36.0 Å². The number of aromatic nitrogens is 1. The van der Waals surface area contributed by atoms with Crippen molar-refractivity contribution in [1.82, 2.24) is 4.57 Å². The Morgan fingerprint density at radius 2 is 2.23 bits per heavy atom. The van der Waals surface area contributed by atoms with Crippen LogP contribution in [-0.2, 0) is 9.53 Å². The molecule has 4 rings (SSSR count). The Labute approximate surface area is 156 Å². The monoisotopic (exact) mass is 386 g/mol. The number of hydrogen-bond donors (Lipinski definition) is 0. The Balaban J connectivity index is 2.00. The molecule has 0 aliphatic carbocycles. The molecule has 8 heteroatoms. The van der Waals surface area contributed by atoms with Crippen molar-refractivity contribution < 1.29 is 13.9 Å². The van der Waals surface area contributed by atoms with E-state index in [2.05, 4.69) is 4.99 Å². The van der Waals surface area contributed by atoms with E-state index in [9.17, 15) is 9.59 Å². The van der Waals surface area contributed by atoms with Crippen LogP contribution in [0.5, 0.6) is 0 Å². The summed E-state index contributed by atoms with van der Waals surface area (Å²) in [5.74, 6) is 0.108.